The normalized spacial score (nSPS) is 29.9. The van der Waals surface area contributed by atoms with Crippen LogP contribution in [0.5, 0.6) is 0 Å². The van der Waals surface area contributed by atoms with E-state index < -0.39 is 0 Å². The first-order valence-electron chi connectivity index (χ1n) is 4.47. The van der Waals surface area contributed by atoms with Gasteiger partial charge in [0.25, 0.3) is 0 Å². The van der Waals surface area contributed by atoms with Crippen molar-refractivity contribution in [1.29, 1.82) is 0 Å². The van der Waals surface area contributed by atoms with E-state index >= 15 is 0 Å². The lowest BCUT2D eigenvalue weighted by molar-refractivity contribution is 0.218. The molecule has 1 aliphatic carbocycles. The maximum Gasteiger partial charge on any atom is 0.0604 e. The summed E-state index contributed by atoms with van der Waals surface area (Å²) >= 11 is 4.59. The fourth-order valence-corrected chi connectivity index (χ4v) is 1.93. The quantitative estimate of drug-likeness (QED) is 0.481. The van der Waals surface area contributed by atoms with Gasteiger partial charge in [0.1, 0.15) is 0 Å². The Hall–Kier alpha value is -0.240. The van der Waals surface area contributed by atoms with Crippen LogP contribution in [0.4, 0.5) is 0 Å². The molecule has 2 nitrogen and oxygen atoms in total. The van der Waals surface area contributed by atoms with Gasteiger partial charge in [0, 0.05) is 6.04 Å². The summed E-state index contributed by atoms with van der Waals surface area (Å²) < 4.78 is 0. The Morgan fingerprint density at radius 1 is 1.25 bits per heavy atom. The van der Waals surface area contributed by atoms with Gasteiger partial charge in [0.15, 0.2) is 0 Å². The van der Waals surface area contributed by atoms with Gasteiger partial charge in [-0.15, -0.1) is 0 Å². The molecule has 0 N–H and O–H groups in total. The fourth-order valence-electron chi connectivity index (χ4n) is 1.78. The third-order valence-corrected chi connectivity index (χ3v) is 2.74. The van der Waals surface area contributed by atoms with E-state index in [0.29, 0.717) is 6.04 Å². The van der Waals surface area contributed by atoms with Crippen molar-refractivity contribution in [3.63, 3.8) is 0 Å². The summed E-state index contributed by atoms with van der Waals surface area (Å²) in [6.07, 6.45) is 4.84. The molecule has 0 aromatic rings. The first kappa shape index (κ1) is 9.85. The van der Waals surface area contributed by atoms with Crippen LogP contribution in [-0.4, -0.2) is 36.2 Å². The van der Waals surface area contributed by atoms with E-state index in [1.54, 1.807) is 0 Å². The van der Waals surface area contributed by atoms with Gasteiger partial charge in [-0.1, -0.05) is 0 Å². The zero-order valence-corrected chi connectivity index (χ0v) is 8.60. The predicted octanol–water partition coefficient (Wildman–Crippen LogP) is 1.96. The van der Waals surface area contributed by atoms with Crippen molar-refractivity contribution >= 4 is 17.4 Å². The van der Waals surface area contributed by atoms with Gasteiger partial charge < -0.3 is 4.90 Å². The smallest absolute Gasteiger partial charge is 0.0604 e. The van der Waals surface area contributed by atoms with E-state index in [1.165, 1.54) is 25.7 Å². The summed E-state index contributed by atoms with van der Waals surface area (Å²) in [6, 6.07) is 1.21. The van der Waals surface area contributed by atoms with Crippen molar-refractivity contribution in [3.05, 3.63) is 0 Å². The van der Waals surface area contributed by atoms with Crippen molar-refractivity contribution in [2.45, 2.75) is 37.8 Å². The Kier molecular flexibility index (Phi) is 3.86. The van der Waals surface area contributed by atoms with Crippen LogP contribution in [0.15, 0.2) is 4.99 Å². The van der Waals surface area contributed by atoms with Crippen molar-refractivity contribution in [3.8, 4) is 0 Å². The summed E-state index contributed by atoms with van der Waals surface area (Å²) in [5, 5.41) is 2.48. The minimum Gasteiger partial charge on any atom is -0.306 e. The lowest BCUT2D eigenvalue weighted by Crippen LogP contribution is -2.33. The van der Waals surface area contributed by atoms with Gasteiger partial charge in [-0.2, -0.15) is 0 Å². The molecule has 0 heterocycles. The second kappa shape index (κ2) is 4.70. The summed E-state index contributed by atoms with van der Waals surface area (Å²) in [5.74, 6) is 0. The van der Waals surface area contributed by atoms with E-state index in [-0.39, 0.29) is 0 Å². The Morgan fingerprint density at radius 3 is 2.25 bits per heavy atom. The van der Waals surface area contributed by atoms with Crippen LogP contribution in [0.1, 0.15) is 25.7 Å². The highest BCUT2D eigenvalue weighted by Gasteiger charge is 2.21. The molecule has 1 fully saturated rings. The maximum atomic E-state index is 4.59. The molecule has 0 saturated heterocycles. The molecule has 1 aliphatic rings. The molecule has 0 aromatic heterocycles. The highest BCUT2D eigenvalue weighted by Crippen LogP contribution is 2.23. The molecular weight excluding hydrogens is 168 g/mol. The SMILES string of the molecule is CN(C)C1CCC(N=C=S)CC1. The van der Waals surface area contributed by atoms with E-state index in [2.05, 4.69) is 41.4 Å². The molecule has 1 rings (SSSR count). The number of isothiocyanates is 1. The average Bonchev–Trinajstić information content (AvgIpc) is 2.06. The lowest BCUT2D eigenvalue weighted by atomic mass is 9.91. The van der Waals surface area contributed by atoms with Gasteiger partial charge in [-0.3, -0.25) is 0 Å². The average molecular weight is 184 g/mol. The zero-order chi connectivity index (χ0) is 8.97. The van der Waals surface area contributed by atoms with E-state index in [9.17, 15) is 0 Å². The number of aliphatic imine (C=N–C) groups is 1. The molecule has 0 aromatic carbocycles. The third-order valence-electron chi connectivity index (χ3n) is 2.63. The molecule has 0 amide bonds. The van der Waals surface area contributed by atoms with Crippen LogP contribution in [0.3, 0.4) is 0 Å². The van der Waals surface area contributed by atoms with Crippen LogP contribution in [0, 0.1) is 0 Å². The highest BCUT2D eigenvalue weighted by atomic mass is 32.1. The van der Waals surface area contributed by atoms with Crippen molar-refractivity contribution in [2.24, 2.45) is 4.99 Å². The fraction of sp³-hybridized carbons (Fsp3) is 0.889. The predicted molar refractivity (Wildman–Crippen MR) is 54.8 cm³/mol. The summed E-state index contributed by atoms with van der Waals surface area (Å²) in [4.78, 5) is 6.43. The number of nitrogens with zero attached hydrogens (tertiary/aromatic N) is 2. The van der Waals surface area contributed by atoms with E-state index in [0.717, 1.165) is 6.04 Å². The molecule has 12 heavy (non-hydrogen) atoms. The molecule has 0 unspecified atom stereocenters. The van der Waals surface area contributed by atoms with Gasteiger partial charge in [-0.05, 0) is 52.0 Å². The zero-order valence-electron chi connectivity index (χ0n) is 7.79. The molecule has 0 aliphatic heterocycles. The van der Waals surface area contributed by atoms with Crippen molar-refractivity contribution < 1.29 is 0 Å². The summed E-state index contributed by atoms with van der Waals surface area (Å²) in [6.45, 7) is 0. The van der Waals surface area contributed by atoms with E-state index in [4.69, 9.17) is 0 Å². The first-order valence-corrected chi connectivity index (χ1v) is 4.88. The molecule has 0 radical (unpaired) electrons. The van der Waals surface area contributed by atoms with Crippen LogP contribution < -0.4 is 0 Å². The Balaban J connectivity index is 2.34. The molecule has 0 bridgehead atoms. The minimum absolute atomic E-state index is 0.457. The van der Waals surface area contributed by atoms with Crippen LogP contribution in [-0.2, 0) is 0 Å². The van der Waals surface area contributed by atoms with Gasteiger partial charge in [0.2, 0.25) is 0 Å². The van der Waals surface area contributed by atoms with E-state index in [1.807, 2.05) is 0 Å². The molecule has 68 valence electrons. The molecule has 0 spiro atoms. The number of rotatable bonds is 2. The largest absolute Gasteiger partial charge is 0.306 e. The molecular formula is C9H16N2S. The van der Waals surface area contributed by atoms with Crippen molar-refractivity contribution in [2.75, 3.05) is 14.1 Å². The number of thiocarbonyl (C=S) groups is 1. The Labute approximate surface area is 79.7 Å². The number of hydrogen-bond donors (Lipinski definition) is 0. The molecule has 0 atom stereocenters. The molecule has 1 saturated carbocycles. The topological polar surface area (TPSA) is 15.6 Å². The van der Waals surface area contributed by atoms with Crippen LogP contribution in [0.2, 0.25) is 0 Å². The minimum atomic E-state index is 0.457. The lowest BCUT2D eigenvalue weighted by Gasteiger charge is -2.30. The molecule has 3 heteroatoms. The second-order valence-electron chi connectivity index (χ2n) is 3.65. The van der Waals surface area contributed by atoms with Gasteiger partial charge in [0.05, 0.1) is 11.2 Å². The van der Waals surface area contributed by atoms with Crippen LogP contribution in [0.25, 0.3) is 0 Å². The van der Waals surface area contributed by atoms with Gasteiger partial charge in [-0.25, -0.2) is 4.99 Å². The monoisotopic (exact) mass is 184 g/mol. The Morgan fingerprint density at radius 2 is 1.83 bits per heavy atom. The standard InChI is InChI=1S/C9H16N2S/c1-11(2)9-5-3-8(4-6-9)10-7-12/h8-9H,3-6H2,1-2H3. The summed E-state index contributed by atoms with van der Waals surface area (Å²) in [5.41, 5.74) is 0. The second-order valence-corrected chi connectivity index (χ2v) is 3.83. The maximum absolute atomic E-state index is 4.59. The first-order chi connectivity index (χ1) is 5.74. The van der Waals surface area contributed by atoms with Crippen LogP contribution >= 0.6 is 12.2 Å². The number of hydrogen-bond acceptors (Lipinski definition) is 3. The highest BCUT2D eigenvalue weighted by molar-refractivity contribution is 7.78. The third kappa shape index (κ3) is 2.67. The summed E-state index contributed by atoms with van der Waals surface area (Å²) in [7, 11) is 4.29. The van der Waals surface area contributed by atoms with Gasteiger partial charge >= 0.3 is 0 Å². The van der Waals surface area contributed by atoms with Crippen molar-refractivity contribution in [1.82, 2.24) is 4.90 Å². The Bertz CT molecular complexity index is 177.